The molecular weight excluding hydrogens is 314 g/mol. The lowest BCUT2D eigenvalue weighted by Crippen LogP contribution is -2.25. The van der Waals surface area contributed by atoms with Crippen molar-refractivity contribution in [3.63, 3.8) is 0 Å². The summed E-state index contributed by atoms with van der Waals surface area (Å²) in [5, 5.41) is 0.584. The predicted octanol–water partition coefficient (Wildman–Crippen LogP) is 4.77. The fourth-order valence-electron chi connectivity index (χ4n) is 2.32. The number of halogens is 1. The van der Waals surface area contributed by atoms with Gasteiger partial charge < -0.3 is 13.7 Å². The van der Waals surface area contributed by atoms with Crippen LogP contribution >= 0.6 is 11.6 Å². The van der Waals surface area contributed by atoms with Gasteiger partial charge in [-0.3, -0.25) is 4.79 Å². The van der Waals surface area contributed by atoms with Crippen LogP contribution in [-0.4, -0.2) is 17.9 Å². The Kier molecular flexibility index (Phi) is 4.26. The van der Waals surface area contributed by atoms with Crippen molar-refractivity contribution in [3.05, 3.63) is 70.8 Å². The first-order valence-corrected chi connectivity index (χ1v) is 7.58. The van der Waals surface area contributed by atoms with Gasteiger partial charge in [0.1, 0.15) is 17.3 Å². The molecule has 4 nitrogen and oxygen atoms in total. The number of amides is 1. The summed E-state index contributed by atoms with van der Waals surface area (Å²) in [5.41, 5.74) is 0.762. The Labute approximate surface area is 139 Å². The van der Waals surface area contributed by atoms with Gasteiger partial charge in [-0.1, -0.05) is 23.7 Å². The first kappa shape index (κ1) is 15.4. The van der Waals surface area contributed by atoms with Gasteiger partial charge in [0.15, 0.2) is 5.76 Å². The van der Waals surface area contributed by atoms with Crippen molar-refractivity contribution >= 4 is 17.5 Å². The average Bonchev–Trinajstić information content (AvgIpc) is 3.16. The van der Waals surface area contributed by atoms with Crippen molar-refractivity contribution < 1.29 is 13.6 Å². The highest BCUT2D eigenvalue weighted by molar-refractivity contribution is 6.33. The fourth-order valence-corrected chi connectivity index (χ4v) is 2.55. The average molecular weight is 330 g/mol. The maximum absolute atomic E-state index is 12.4. The zero-order chi connectivity index (χ0) is 16.4. The Hall–Kier alpha value is -2.46. The molecule has 0 spiro atoms. The minimum atomic E-state index is -0.211. The summed E-state index contributed by atoms with van der Waals surface area (Å²) in [6, 6.07) is 14.5. The molecule has 5 heteroatoms. The smallest absolute Gasteiger partial charge is 0.289 e. The second kappa shape index (κ2) is 6.34. The first-order chi connectivity index (χ1) is 11.0. The Morgan fingerprint density at radius 3 is 2.57 bits per heavy atom. The third-order valence-corrected chi connectivity index (χ3v) is 3.82. The summed E-state index contributed by atoms with van der Waals surface area (Å²) in [4.78, 5) is 14.0. The van der Waals surface area contributed by atoms with Crippen molar-refractivity contribution in [2.45, 2.75) is 13.5 Å². The molecule has 3 rings (SSSR count). The molecule has 118 valence electrons. The molecule has 0 fully saturated rings. The molecule has 0 aliphatic heterocycles. The third-order valence-electron chi connectivity index (χ3n) is 3.49. The molecule has 1 aromatic carbocycles. The number of furan rings is 2. The maximum Gasteiger partial charge on any atom is 0.289 e. The molecule has 0 unspecified atom stereocenters. The highest BCUT2D eigenvalue weighted by Crippen LogP contribution is 2.29. The molecule has 0 saturated heterocycles. The molecule has 0 bridgehead atoms. The quantitative estimate of drug-likeness (QED) is 0.692. The highest BCUT2D eigenvalue weighted by atomic mass is 35.5. The molecule has 2 aromatic heterocycles. The van der Waals surface area contributed by atoms with E-state index in [0.29, 0.717) is 17.3 Å². The van der Waals surface area contributed by atoms with Crippen molar-refractivity contribution in [1.82, 2.24) is 4.90 Å². The largest absolute Gasteiger partial charge is 0.464 e. The second-order valence-corrected chi connectivity index (χ2v) is 5.72. The summed E-state index contributed by atoms with van der Waals surface area (Å²) in [7, 11) is 1.71. The van der Waals surface area contributed by atoms with E-state index in [2.05, 4.69) is 0 Å². The number of carbonyl (C=O) groups is 1. The highest BCUT2D eigenvalue weighted by Gasteiger charge is 2.18. The zero-order valence-corrected chi connectivity index (χ0v) is 13.6. The number of hydrogen-bond donors (Lipinski definition) is 0. The first-order valence-electron chi connectivity index (χ1n) is 7.20. The van der Waals surface area contributed by atoms with Crippen LogP contribution < -0.4 is 0 Å². The molecule has 0 saturated carbocycles. The van der Waals surface area contributed by atoms with E-state index < -0.39 is 0 Å². The van der Waals surface area contributed by atoms with E-state index >= 15 is 0 Å². The van der Waals surface area contributed by atoms with Crippen LogP contribution in [0.5, 0.6) is 0 Å². The molecule has 3 aromatic rings. The van der Waals surface area contributed by atoms with Crippen LogP contribution in [0.25, 0.3) is 11.3 Å². The Morgan fingerprint density at radius 1 is 1.09 bits per heavy atom. The molecule has 0 aliphatic rings. The number of aryl methyl sites for hydroxylation is 1. The number of benzene rings is 1. The van der Waals surface area contributed by atoms with Crippen molar-refractivity contribution in [2.75, 3.05) is 7.05 Å². The number of carbonyl (C=O) groups excluding carboxylic acids is 1. The summed E-state index contributed by atoms with van der Waals surface area (Å²) in [6.45, 7) is 2.25. The van der Waals surface area contributed by atoms with Gasteiger partial charge in [-0.05, 0) is 43.3 Å². The molecule has 23 heavy (non-hydrogen) atoms. The zero-order valence-electron chi connectivity index (χ0n) is 12.9. The lowest BCUT2D eigenvalue weighted by Gasteiger charge is -2.13. The molecule has 2 heterocycles. The lowest BCUT2D eigenvalue weighted by atomic mass is 10.2. The Bertz CT molecular complexity index is 834. The van der Waals surface area contributed by atoms with E-state index in [1.54, 1.807) is 30.1 Å². The van der Waals surface area contributed by atoms with Gasteiger partial charge in [-0.25, -0.2) is 0 Å². The monoisotopic (exact) mass is 329 g/mol. The Balaban J connectivity index is 1.77. The number of rotatable bonds is 4. The summed E-state index contributed by atoms with van der Waals surface area (Å²) < 4.78 is 11.2. The minimum absolute atomic E-state index is 0.211. The fraction of sp³-hybridized carbons (Fsp3) is 0.167. The Morgan fingerprint density at radius 2 is 1.87 bits per heavy atom. The molecular formula is C18H16ClNO3. The van der Waals surface area contributed by atoms with Gasteiger partial charge in [-0.2, -0.15) is 0 Å². The van der Waals surface area contributed by atoms with E-state index in [4.69, 9.17) is 20.4 Å². The van der Waals surface area contributed by atoms with Gasteiger partial charge in [0.2, 0.25) is 0 Å². The van der Waals surface area contributed by atoms with Crippen LogP contribution in [0.2, 0.25) is 5.02 Å². The van der Waals surface area contributed by atoms with Gasteiger partial charge in [0.05, 0.1) is 11.6 Å². The van der Waals surface area contributed by atoms with E-state index in [-0.39, 0.29) is 11.7 Å². The van der Waals surface area contributed by atoms with E-state index in [1.807, 2.05) is 37.3 Å². The number of nitrogens with zero attached hydrogens (tertiary/aromatic N) is 1. The summed E-state index contributed by atoms with van der Waals surface area (Å²) in [6.07, 6.45) is 0. The van der Waals surface area contributed by atoms with Crippen LogP contribution in [-0.2, 0) is 6.54 Å². The predicted molar refractivity (Wildman–Crippen MR) is 88.4 cm³/mol. The summed E-state index contributed by atoms with van der Waals surface area (Å²) in [5.74, 6) is 2.18. The third kappa shape index (κ3) is 3.32. The molecule has 1 amide bonds. The maximum atomic E-state index is 12.4. The van der Waals surface area contributed by atoms with E-state index in [9.17, 15) is 4.79 Å². The van der Waals surface area contributed by atoms with Crippen molar-refractivity contribution in [3.8, 4) is 11.3 Å². The van der Waals surface area contributed by atoms with Gasteiger partial charge in [0, 0.05) is 12.6 Å². The topological polar surface area (TPSA) is 46.6 Å². The van der Waals surface area contributed by atoms with Gasteiger partial charge in [-0.15, -0.1) is 0 Å². The van der Waals surface area contributed by atoms with Crippen LogP contribution in [0, 0.1) is 6.92 Å². The van der Waals surface area contributed by atoms with Crippen molar-refractivity contribution in [2.24, 2.45) is 0 Å². The van der Waals surface area contributed by atoms with Gasteiger partial charge in [0.25, 0.3) is 5.91 Å². The second-order valence-electron chi connectivity index (χ2n) is 5.32. The van der Waals surface area contributed by atoms with Crippen molar-refractivity contribution in [1.29, 1.82) is 0 Å². The number of hydrogen-bond acceptors (Lipinski definition) is 3. The molecule has 0 N–H and O–H groups in total. The molecule has 0 aliphatic carbocycles. The van der Waals surface area contributed by atoms with Crippen LogP contribution in [0.1, 0.15) is 22.1 Å². The molecule has 0 atom stereocenters. The van der Waals surface area contributed by atoms with Gasteiger partial charge >= 0.3 is 0 Å². The minimum Gasteiger partial charge on any atom is -0.464 e. The van der Waals surface area contributed by atoms with Crippen LogP contribution in [0.15, 0.2) is 57.4 Å². The van der Waals surface area contributed by atoms with E-state index in [1.165, 1.54) is 0 Å². The normalized spacial score (nSPS) is 10.7. The molecule has 0 radical (unpaired) electrons. The SMILES string of the molecule is Cc1ccc(CN(C)C(=O)c2ccc(-c3ccccc3Cl)o2)o1. The standard InChI is InChI=1S/C18H16ClNO3/c1-12-7-8-13(22-12)11-20(2)18(21)17-10-9-16(23-17)14-5-3-4-6-15(14)19/h3-10H,11H2,1-2H3. The van der Waals surface area contributed by atoms with Crippen LogP contribution in [0.3, 0.4) is 0 Å². The summed E-state index contributed by atoms with van der Waals surface area (Å²) >= 11 is 6.15. The van der Waals surface area contributed by atoms with Crippen LogP contribution in [0.4, 0.5) is 0 Å². The lowest BCUT2D eigenvalue weighted by molar-refractivity contribution is 0.0744. The van der Waals surface area contributed by atoms with E-state index in [0.717, 1.165) is 17.1 Å².